The van der Waals surface area contributed by atoms with Crippen molar-refractivity contribution in [1.82, 2.24) is 0 Å². The van der Waals surface area contributed by atoms with Crippen LogP contribution in [0.1, 0.15) is 32.8 Å². The van der Waals surface area contributed by atoms with Crippen LogP contribution in [0.2, 0.25) is 5.02 Å². The van der Waals surface area contributed by atoms with Gasteiger partial charge in [-0.05, 0) is 18.1 Å². The molecule has 1 aromatic rings. The molecule has 1 saturated heterocycles. The van der Waals surface area contributed by atoms with Crippen molar-refractivity contribution in [3.8, 4) is 0 Å². The third-order valence-corrected chi connectivity index (χ3v) is 4.07. The van der Waals surface area contributed by atoms with Crippen LogP contribution in [0.15, 0.2) is 24.3 Å². The lowest BCUT2D eigenvalue weighted by atomic mass is 10.0. The van der Waals surface area contributed by atoms with Crippen LogP contribution in [-0.2, 0) is 20.8 Å². The largest absolute Gasteiger partial charge is 0.365 e. The molecule has 1 fully saturated rings. The minimum Gasteiger partial charge on any atom is -0.365 e. The number of ether oxygens (including phenoxy) is 3. The van der Waals surface area contributed by atoms with Gasteiger partial charge >= 0.3 is 0 Å². The topological polar surface area (TPSA) is 27.7 Å². The first-order valence-electron chi connectivity index (χ1n) is 7.17. The lowest BCUT2D eigenvalue weighted by molar-refractivity contribution is -0.280. The Kier molecular flexibility index (Phi) is 5.44. The van der Waals surface area contributed by atoms with Gasteiger partial charge in [0.15, 0.2) is 6.29 Å². The van der Waals surface area contributed by atoms with E-state index in [0.717, 1.165) is 17.0 Å². The molecule has 0 aromatic heterocycles. The Morgan fingerprint density at radius 2 is 1.95 bits per heavy atom. The van der Waals surface area contributed by atoms with Crippen molar-refractivity contribution >= 4 is 11.6 Å². The van der Waals surface area contributed by atoms with Crippen LogP contribution in [0.5, 0.6) is 0 Å². The average molecular weight is 299 g/mol. The number of benzene rings is 1. The summed E-state index contributed by atoms with van der Waals surface area (Å²) in [5, 5.41) is 0.733. The number of hydrogen-bond acceptors (Lipinski definition) is 3. The predicted molar refractivity (Wildman–Crippen MR) is 79.8 cm³/mol. The normalized spacial score (nSPS) is 26.9. The standard InChI is InChI=1S/C16H23ClO3/c1-4-16(10-18-15(12(2)3)19-11-16)20-9-13-7-5-6-8-14(13)17/h5-8,12,15H,4,9-11H2,1-3H3. The van der Waals surface area contributed by atoms with Gasteiger partial charge in [0.05, 0.1) is 19.8 Å². The molecule has 0 N–H and O–H groups in total. The average Bonchev–Trinajstić information content (AvgIpc) is 2.47. The molecule has 0 amide bonds. The van der Waals surface area contributed by atoms with E-state index in [1.54, 1.807) is 0 Å². The summed E-state index contributed by atoms with van der Waals surface area (Å²) in [4.78, 5) is 0. The van der Waals surface area contributed by atoms with Crippen molar-refractivity contribution in [2.45, 2.75) is 45.7 Å². The van der Waals surface area contributed by atoms with Crippen LogP contribution in [0.25, 0.3) is 0 Å². The summed E-state index contributed by atoms with van der Waals surface area (Å²) < 4.78 is 17.6. The van der Waals surface area contributed by atoms with E-state index in [-0.39, 0.29) is 11.9 Å². The number of hydrogen-bond donors (Lipinski definition) is 0. The van der Waals surface area contributed by atoms with E-state index in [0.29, 0.717) is 25.7 Å². The van der Waals surface area contributed by atoms with E-state index in [2.05, 4.69) is 20.8 Å². The Hall–Kier alpha value is -0.610. The highest BCUT2D eigenvalue weighted by Crippen LogP contribution is 2.28. The number of rotatable bonds is 5. The Morgan fingerprint density at radius 3 is 2.50 bits per heavy atom. The highest BCUT2D eigenvalue weighted by atomic mass is 35.5. The smallest absolute Gasteiger partial charge is 0.160 e. The summed E-state index contributed by atoms with van der Waals surface area (Å²) in [7, 11) is 0. The van der Waals surface area contributed by atoms with Crippen molar-refractivity contribution in [2.24, 2.45) is 5.92 Å². The van der Waals surface area contributed by atoms with Crippen molar-refractivity contribution < 1.29 is 14.2 Å². The van der Waals surface area contributed by atoms with Crippen molar-refractivity contribution in [2.75, 3.05) is 13.2 Å². The minimum atomic E-state index is -0.370. The molecule has 0 unspecified atom stereocenters. The second-order valence-corrected chi connectivity index (χ2v) is 6.06. The highest BCUT2D eigenvalue weighted by Gasteiger charge is 2.37. The third kappa shape index (κ3) is 3.73. The molecule has 0 saturated carbocycles. The molecular formula is C16H23ClO3. The third-order valence-electron chi connectivity index (χ3n) is 3.70. The van der Waals surface area contributed by atoms with Gasteiger partial charge in [-0.2, -0.15) is 0 Å². The monoisotopic (exact) mass is 298 g/mol. The van der Waals surface area contributed by atoms with Gasteiger partial charge < -0.3 is 14.2 Å². The SMILES string of the molecule is CCC1(OCc2ccccc2Cl)COC(C(C)C)OC1. The van der Waals surface area contributed by atoms with Crippen LogP contribution < -0.4 is 0 Å². The van der Waals surface area contributed by atoms with E-state index in [1.807, 2.05) is 24.3 Å². The van der Waals surface area contributed by atoms with Crippen LogP contribution in [0.3, 0.4) is 0 Å². The maximum atomic E-state index is 6.15. The fourth-order valence-electron chi connectivity index (χ4n) is 2.18. The Morgan fingerprint density at radius 1 is 1.30 bits per heavy atom. The lowest BCUT2D eigenvalue weighted by Crippen LogP contribution is -2.50. The van der Waals surface area contributed by atoms with Gasteiger partial charge in [0.2, 0.25) is 0 Å². The molecule has 1 aliphatic heterocycles. The fourth-order valence-corrected chi connectivity index (χ4v) is 2.37. The summed E-state index contributed by atoms with van der Waals surface area (Å²) >= 11 is 6.15. The predicted octanol–water partition coefficient (Wildman–Crippen LogP) is 4.03. The first kappa shape index (κ1) is 15.8. The van der Waals surface area contributed by atoms with Crippen LogP contribution in [-0.4, -0.2) is 25.1 Å². The van der Waals surface area contributed by atoms with E-state index in [4.69, 9.17) is 25.8 Å². The molecule has 2 rings (SSSR count). The molecule has 1 aliphatic rings. The van der Waals surface area contributed by atoms with Gasteiger partial charge in [-0.1, -0.05) is 50.6 Å². The molecule has 112 valence electrons. The zero-order valence-corrected chi connectivity index (χ0v) is 13.2. The first-order chi connectivity index (χ1) is 9.56. The molecule has 3 nitrogen and oxygen atoms in total. The molecule has 1 aromatic carbocycles. The van der Waals surface area contributed by atoms with Crippen molar-refractivity contribution in [1.29, 1.82) is 0 Å². The molecule has 1 heterocycles. The minimum absolute atomic E-state index is 0.126. The lowest BCUT2D eigenvalue weighted by Gasteiger charge is -2.40. The summed E-state index contributed by atoms with van der Waals surface area (Å²) in [5.41, 5.74) is 0.623. The molecule has 0 radical (unpaired) electrons. The summed E-state index contributed by atoms with van der Waals surface area (Å²) in [6.07, 6.45) is 0.723. The van der Waals surface area contributed by atoms with E-state index >= 15 is 0 Å². The molecule has 0 aliphatic carbocycles. The Labute approximate surface area is 126 Å². The maximum Gasteiger partial charge on any atom is 0.160 e. The van der Waals surface area contributed by atoms with Crippen LogP contribution in [0, 0.1) is 5.92 Å². The molecule has 0 bridgehead atoms. The second kappa shape index (κ2) is 6.90. The van der Waals surface area contributed by atoms with Crippen LogP contribution in [0.4, 0.5) is 0 Å². The quantitative estimate of drug-likeness (QED) is 0.821. The van der Waals surface area contributed by atoms with Gasteiger partial charge in [0.1, 0.15) is 5.60 Å². The van der Waals surface area contributed by atoms with Gasteiger partial charge in [-0.25, -0.2) is 0 Å². The van der Waals surface area contributed by atoms with Gasteiger partial charge in [-0.3, -0.25) is 0 Å². The second-order valence-electron chi connectivity index (χ2n) is 5.65. The van der Waals surface area contributed by atoms with Gasteiger partial charge in [-0.15, -0.1) is 0 Å². The Bertz CT molecular complexity index is 425. The molecule has 0 atom stereocenters. The zero-order valence-electron chi connectivity index (χ0n) is 12.4. The molecule has 0 spiro atoms. The first-order valence-corrected chi connectivity index (χ1v) is 7.55. The fraction of sp³-hybridized carbons (Fsp3) is 0.625. The highest BCUT2D eigenvalue weighted by molar-refractivity contribution is 6.31. The Balaban J connectivity index is 1.95. The van der Waals surface area contributed by atoms with Crippen molar-refractivity contribution in [3.63, 3.8) is 0 Å². The molecule has 4 heteroatoms. The number of halogens is 1. The zero-order chi connectivity index (χ0) is 14.6. The van der Waals surface area contributed by atoms with Gasteiger partial charge in [0.25, 0.3) is 0 Å². The summed E-state index contributed by atoms with van der Waals surface area (Å²) in [6.45, 7) is 7.89. The van der Waals surface area contributed by atoms with E-state index in [1.165, 1.54) is 0 Å². The van der Waals surface area contributed by atoms with Crippen LogP contribution >= 0.6 is 11.6 Å². The summed E-state index contributed by atoms with van der Waals surface area (Å²) in [6, 6.07) is 7.74. The van der Waals surface area contributed by atoms with E-state index < -0.39 is 0 Å². The molecular weight excluding hydrogens is 276 g/mol. The molecule has 20 heavy (non-hydrogen) atoms. The maximum absolute atomic E-state index is 6.15. The van der Waals surface area contributed by atoms with Crippen molar-refractivity contribution in [3.05, 3.63) is 34.9 Å². The van der Waals surface area contributed by atoms with Gasteiger partial charge in [0, 0.05) is 10.9 Å². The summed E-state index contributed by atoms with van der Waals surface area (Å²) in [5.74, 6) is 0.355. The van der Waals surface area contributed by atoms with E-state index in [9.17, 15) is 0 Å².